The van der Waals surface area contributed by atoms with Crippen molar-refractivity contribution in [3.05, 3.63) is 11.8 Å². The molecule has 1 saturated heterocycles. The van der Waals surface area contributed by atoms with Crippen molar-refractivity contribution >= 4 is 8.07 Å². The second-order valence-electron chi connectivity index (χ2n) is 6.77. The Kier molecular flexibility index (Phi) is 7.24. The fourth-order valence-electron chi connectivity index (χ4n) is 2.24. The molecule has 0 radical (unpaired) electrons. The predicted octanol–water partition coefficient (Wildman–Crippen LogP) is 5.33. The highest BCUT2D eigenvalue weighted by molar-refractivity contribution is 6.80. The van der Waals surface area contributed by atoms with Gasteiger partial charge in [0.15, 0.2) is 0 Å². The van der Waals surface area contributed by atoms with Gasteiger partial charge in [0, 0.05) is 0 Å². The van der Waals surface area contributed by atoms with Crippen molar-refractivity contribution in [2.45, 2.75) is 90.1 Å². The van der Waals surface area contributed by atoms with Crippen LogP contribution in [0.4, 0.5) is 0 Å². The predicted molar refractivity (Wildman–Crippen MR) is 83.8 cm³/mol. The van der Waals surface area contributed by atoms with Gasteiger partial charge in [-0.1, -0.05) is 83.3 Å². The summed E-state index contributed by atoms with van der Waals surface area (Å²) in [5.74, 6) is 0. The molecule has 106 valence electrons. The monoisotopic (exact) mass is 268 g/mol. The van der Waals surface area contributed by atoms with Gasteiger partial charge in [-0.05, 0) is 6.42 Å². The molecule has 0 saturated carbocycles. The minimum Gasteiger partial charge on any atom is -0.365 e. The van der Waals surface area contributed by atoms with E-state index in [0.717, 1.165) is 0 Å². The maximum atomic E-state index is 5.69. The van der Waals surface area contributed by atoms with Gasteiger partial charge < -0.3 is 4.74 Å². The van der Waals surface area contributed by atoms with E-state index in [1.165, 1.54) is 51.4 Å². The fourth-order valence-corrected chi connectivity index (χ4v) is 3.01. The third-order valence-electron chi connectivity index (χ3n) is 3.50. The maximum absolute atomic E-state index is 5.69. The molecule has 0 spiro atoms. The van der Waals surface area contributed by atoms with Crippen molar-refractivity contribution in [1.29, 1.82) is 0 Å². The second-order valence-corrected chi connectivity index (χ2v) is 11.8. The molecule has 0 aromatic heterocycles. The van der Waals surface area contributed by atoms with Gasteiger partial charge in [-0.15, -0.1) is 0 Å². The Morgan fingerprint density at radius 2 is 1.56 bits per heavy atom. The van der Waals surface area contributed by atoms with E-state index < -0.39 is 8.07 Å². The first-order valence-electron chi connectivity index (χ1n) is 7.88. The van der Waals surface area contributed by atoms with Crippen LogP contribution in [0.5, 0.6) is 0 Å². The van der Waals surface area contributed by atoms with Crippen LogP contribution in [0, 0.1) is 0 Å². The number of ether oxygens (including phenoxy) is 1. The molecule has 1 heterocycles. The lowest BCUT2D eigenvalue weighted by molar-refractivity contribution is 0.372. The fraction of sp³-hybridized carbons (Fsp3) is 0.875. The summed E-state index contributed by atoms with van der Waals surface area (Å²) in [5, 5.41) is 0. The van der Waals surface area contributed by atoms with E-state index in [9.17, 15) is 0 Å². The lowest BCUT2D eigenvalue weighted by Crippen LogP contribution is -2.15. The molecule has 0 unspecified atom stereocenters. The van der Waals surface area contributed by atoms with E-state index in [4.69, 9.17) is 4.74 Å². The molecule has 1 nitrogen and oxygen atoms in total. The first-order chi connectivity index (χ1) is 8.53. The van der Waals surface area contributed by atoms with Crippen molar-refractivity contribution in [2.24, 2.45) is 0 Å². The Bertz CT molecular complexity index is 242. The van der Waals surface area contributed by atoms with Crippen LogP contribution in [0.25, 0.3) is 0 Å². The molecule has 1 aliphatic heterocycles. The molecule has 0 aromatic carbocycles. The topological polar surface area (TPSA) is 12.5 Å². The zero-order valence-corrected chi connectivity index (χ0v) is 13.9. The van der Waals surface area contributed by atoms with Crippen LogP contribution < -0.4 is 0 Å². The molecular weight excluding hydrogens is 236 g/mol. The first-order valence-corrected chi connectivity index (χ1v) is 11.5. The first kappa shape index (κ1) is 16.0. The zero-order valence-electron chi connectivity index (χ0n) is 12.9. The number of hydrogen-bond donors (Lipinski definition) is 0. The van der Waals surface area contributed by atoms with E-state index in [2.05, 4.69) is 38.3 Å². The Balaban J connectivity index is 1.92. The smallest absolute Gasteiger partial charge is 0.102 e. The summed E-state index contributed by atoms with van der Waals surface area (Å²) in [6.07, 6.45) is 14.4. The van der Waals surface area contributed by atoms with E-state index in [0.29, 0.717) is 12.2 Å². The molecule has 1 rings (SSSR count). The number of unbranched alkanes of at least 4 members (excludes halogenated alkanes) is 6. The van der Waals surface area contributed by atoms with Crippen molar-refractivity contribution in [3.63, 3.8) is 0 Å². The third-order valence-corrected chi connectivity index (χ3v) is 4.69. The third kappa shape index (κ3) is 8.10. The van der Waals surface area contributed by atoms with E-state index in [1.807, 2.05) is 0 Å². The molecule has 0 amide bonds. The summed E-state index contributed by atoms with van der Waals surface area (Å²) >= 11 is 0. The van der Waals surface area contributed by atoms with Gasteiger partial charge in [0.2, 0.25) is 0 Å². The molecule has 2 atom stereocenters. The van der Waals surface area contributed by atoms with Gasteiger partial charge in [-0.25, -0.2) is 0 Å². The molecule has 0 aliphatic carbocycles. The van der Waals surface area contributed by atoms with Gasteiger partial charge in [0.1, 0.15) is 6.10 Å². The second kappa shape index (κ2) is 8.16. The molecule has 1 aliphatic rings. The van der Waals surface area contributed by atoms with Crippen LogP contribution in [-0.2, 0) is 4.74 Å². The number of epoxide rings is 1. The quantitative estimate of drug-likeness (QED) is 0.296. The van der Waals surface area contributed by atoms with Crippen LogP contribution in [0.3, 0.4) is 0 Å². The zero-order chi connectivity index (χ0) is 13.4. The van der Waals surface area contributed by atoms with E-state index in [1.54, 1.807) is 0 Å². The summed E-state index contributed by atoms with van der Waals surface area (Å²) in [4.78, 5) is 0. The van der Waals surface area contributed by atoms with Gasteiger partial charge >= 0.3 is 0 Å². The Hall–Kier alpha value is -0.0831. The maximum Gasteiger partial charge on any atom is 0.102 e. The summed E-state index contributed by atoms with van der Waals surface area (Å²) in [7, 11) is -1.03. The summed E-state index contributed by atoms with van der Waals surface area (Å²) in [6, 6.07) is 0. The highest BCUT2D eigenvalue weighted by Crippen LogP contribution is 2.29. The standard InChI is InChI=1S/C16H32OSi/c1-5-6-7-8-9-10-11-12-15-16(17-15)13-14-18(2,3)4/h13-16H,5-12H2,1-4H3/b14-13+/t15-,16+/m1/s1. The normalized spacial score (nSPS) is 23.8. The minimum absolute atomic E-state index is 0.455. The van der Waals surface area contributed by atoms with Crippen LogP contribution in [0.1, 0.15) is 58.3 Å². The molecular formula is C16H32OSi. The minimum atomic E-state index is -1.03. The Labute approximate surface area is 115 Å². The summed E-state index contributed by atoms with van der Waals surface area (Å²) in [5.41, 5.74) is 2.42. The molecule has 2 heteroatoms. The van der Waals surface area contributed by atoms with Gasteiger partial charge in [-0.2, -0.15) is 0 Å². The average Bonchev–Trinajstić information content (AvgIpc) is 3.03. The Morgan fingerprint density at radius 1 is 0.944 bits per heavy atom. The summed E-state index contributed by atoms with van der Waals surface area (Å²) < 4.78 is 5.69. The van der Waals surface area contributed by atoms with E-state index >= 15 is 0 Å². The highest BCUT2D eigenvalue weighted by atomic mass is 28.3. The van der Waals surface area contributed by atoms with E-state index in [-0.39, 0.29) is 0 Å². The molecule has 18 heavy (non-hydrogen) atoms. The van der Waals surface area contributed by atoms with Crippen LogP contribution in [-0.4, -0.2) is 20.3 Å². The van der Waals surface area contributed by atoms with Crippen molar-refractivity contribution in [2.75, 3.05) is 0 Å². The van der Waals surface area contributed by atoms with Crippen molar-refractivity contribution in [3.8, 4) is 0 Å². The van der Waals surface area contributed by atoms with Crippen LogP contribution in [0.15, 0.2) is 11.8 Å². The van der Waals surface area contributed by atoms with Crippen LogP contribution >= 0.6 is 0 Å². The van der Waals surface area contributed by atoms with Crippen molar-refractivity contribution in [1.82, 2.24) is 0 Å². The average molecular weight is 269 g/mol. The van der Waals surface area contributed by atoms with Gasteiger partial charge in [-0.3, -0.25) is 0 Å². The lowest BCUT2D eigenvalue weighted by atomic mass is 10.1. The van der Waals surface area contributed by atoms with Gasteiger partial charge in [0.25, 0.3) is 0 Å². The lowest BCUT2D eigenvalue weighted by Gasteiger charge is -2.07. The van der Waals surface area contributed by atoms with Crippen LogP contribution in [0.2, 0.25) is 19.6 Å². The number of hydrogen-bond acceptors (Lipinski definition) is 1. The Morgan fingerprint density at radius 3 is 2.17 bits per heavy atom. The molecule has 0 bridgehead atoms. The SMILES string of the molecule is CCCCCCCCC[C@H]1O[C@H]1/C=C/[Si](C)(C)C. The molecule has 0 N–H and O–H groups in total. The highest BCUT2D eigenvalue weighted by Gasteiger charge is 2.35. The molecule has 0 aromatic rings. The largest absolute Gasteiger partial charge is 0.365 e. The summed E-state index contributed by atoms with van der Waals surface area (Å²) in [6.45, 7) is 9.39. The molecule has 1 fully saturated rings. The number of rotatable bonds is 10. The van der Waals surface area contributed by atoms with Gasteiger partial charge in [0.05, 0.1) is 14.2 Å². The van der Waals surface area contributed by atoms with Crippen molar-refractivity contribution < 1.29 is 4.74 Å².